The van der Waals surface area contributed by atoms with Gasteiger partial charge >= 0.3 is 5.97 Å². The van der Waals surface area contributed by atoms with Crippen LogP contribution >= 0.6 is 27.7 Å². The number of esters is 1. The fourth-order valence-corrected chi connectivity index (χ4v) is 5.25. The quantitative estimate of drug-likeness (QED) is 0.0833. The van der Waals surface area contributed by atoms with Crippen LogP contribution in [0.3, 0.4) is 0 Å². The number of benzene rings is 3. The molecular formula is C29H25BrN2O6S. The van der Waals surface area contributed by atoms with Crippen LogP contribution in [0.5, 0.6) is 0 Å². The Morgan fingerprint density at radius 3 is 2.03 bits per heavy atom. The number of β-lactam (4-membered cyclic amide) rings is 1. The second kappa shape index (κ2) is 13.3. The van der Waals surface area contributed by atoms with Crippen molar-refractivity contribution in [1.82, 2.24) is 10.2 Å². The summed E-state index contributed by atoms with van der Waals surface area (Å²) in [5.41, 5.74) is 2.25. The van der Waals surface area contributed by atoms with Crippen molar-refractivity contribution < 1.29 is 29.0 Å². The Balaban J connectivity index is 1.58. The molecule has 10 heteroatoms. The number of alkyl halides is 1. The SMILES string of the molecule is O=CSC1C(NC(=O)Cc2ccccc2)C(=O)N1C(C(=O)OC(c1ccccc1)c1ccccc1)=C(O)CBr. The molecule has 39 heavy (non-hydrogen) atoms. The van der Waals surface area contributed by atoms with Gasteiger partial charge in [0.1, 0.15) is 17.2 Å². The number of hydrogen-bond acceptors (Lipinski definition) is 7. The largest absolute Gasteiger partial charge is 0.509 e. The molecule has 0 aromatic heterocycles. The van der Waals surface area contributed by atoms with Gasteiger partial charge in [0.2, 0.25) is 5.91 Å². The number of allylic oxidation sites excluding steroid dienone is 1. The van der Waals surface area contributed by atoms with Crippen LogP contribution in [0.25, 0.3) is 0 Å². The lowest BCUT2D eigenvalue weighted by atomic mass is 10.0. The fraction of sp³-hybridized carbons (Fsp3) is 0.172. The number of ether oxygens (including phenoxy) is 1. The van der Waals surface area contributed by atoms with Crippen molar-refractivity contribution >= 4 is 51.1 Å². The average Bonchev–Trinajstić information content (AvgIpc) is 2.97. The van der Waals surface area contributed by atoms with Crippen LogP contribution in [0, 0.1) is 0 Å². The number of carbonyl (C=O) groups is 4. The van der Waals surface area contributed by atoms with E-state index in [0.717, 1.165) is 10.5 Å². The van der Waals surface area contributed by atoms with E-state index in [9.17, 15) is 24.3 Å². The van der Waals surface area contributed by atoms with Crippen molar-refractivity contribution in [3.8, 4) is 0 Å². The highest BCUT2D eigenvalue weighted by molar-refractivity contribution is 9.09. The van der Waals surface area contributed by atoms with Gasteiger partial charge in [0.15, 0.2) is 17.4 Å². The first kappa shape index (κ1) is 28.1. The molecule has 4 rings (SSSR count). The molecule has 2 atom stereocenters. The lowest BCUT2D eigenvalue weighted by Gasteiger charge is -2.46. The van der Waals surface area contributed by atoms with Crippen LogP contribution in [-0.2, 0) is 30.3 Å². The van der Waals surface area contributed by atoms with Crippen LogP contribution in [0.15, 0.2) is 102 Å². The Labute approximate surface area is 238 Å². The minimum Gasteiger partial charge on any atom is -0.509 e. The molecule has 2 amide bonds. The van der Waals surface area contributed by atoms with E-state index in [4.69, 9.17) is 4.74 Å². The van der Waals surface area contributed by atoms with Crippen LogP contribution in [0.1, 0.15) is 22.8 Å². The van der Waals surface area contributed by atoms with Gasteiger partial charge in [-0.3, -0.25) is 19.3 Å². The third-order valence-corrected chi connectivity index (χ3v) is 7.43. The van der Waals surface area contributed by atoms with Gasteiger partial charge in [0, 0.05) is 0 Å². The van der Waals surface area contributed by atoms with Crippen LogP contribution in [-0.4, -0.2) is 50.2 Å². The zero-order chi connectivity index (χ0) is 27.8. The first-order chi connectivity index (χ1) is 18.9. The second-order valence-electron chi connectivity index (χ2n) is 8.57. The number of amides is 2. The van der Waals surface area contributed by atoms with Crippen molar-refractivity contribution in [3.63, 3.8) is 0 Å². The highest BCUT2D eigenvalue weighted by Gasteiger charge is 2.53. The van der Waals surface area contributed by atoms with Crippen molar-refractivity contribution in [2.45, 2.75) is 23.9 Å². The van der Waals surface area contributed by atoms with E-state index < -0.39 is 46.8 Å². The van der Waals surface area contributed by atoms with E-state index in [0.29, 0.717) is 28.5 Å². The fourth-order valence-electron chi connectivity index (χ4n) is 4.20. The zero-order valence-electron chi connectivity index (χ0n) is 20.6. The summed E-state index contributed by atoms with van der Waals surface area (Å²) in [6, 6.07) is 26.0. The highest BCUT2D eigenvalue weighted by Crippen LogP contribution is 2.36. The Morgan fingerprint density at radius 2 is 1.51 bits per heavy atom. The molecule has 3 aromatic carbocycles. The number of hydrogen-bond donors (Lipinski definition) is 2. The van der Waals surface area contributed by atoms with E-state index in [1.54, 1.807) is 48.5 Å². The topological polar surface area (TPSA) is 113 Å². The summed E-state index contributed by atoms with van der Waals surface area (Å²) >= 11 is 3.85. The molecule has 1 fully saturated rings. The molecule has 1 heterocycles. The summed E-state index contributed by atoms with van der Waals surface area (Å²) in [6.45, 7) is 0. The van der Waals surface area contributed by atoms with Crippen molar-refractivity contribution in [2.24, 2.45) is 0 Å². The molecule has 1 saturated heterocycles. The maximum absolute atomic E-state index is 13.6. The lowest BCUT2D eigenvalue weighted by molar-refractivity contribution is -0.154. The molecule has 1 aliphatic rings. The molecule has 8 nitrogen and oxygen atoms in total. The zero-order valence-corrected chi connectivity index (χ0v) is 23.0. The summed E-state index contributed by atoms with van der Waals surface area (Å²) < 4.78 is 5.88. The molecular weight excluding hydrogens is 584 g/mol. The molecule has 0 aliphatic carbocycles. The number of nitrogens with zero attached hydrogens (tertiary/aromatic N) is 1. The highest BCUT2D eigenvalue weighted by atomic mass is 79.9. The van der Waals surface area contributed by atoms with Gasteiger partial charge in [-0.15, -0.1) is 0 Å². The molecule has 0 spiro atoms. The number of carbonyl (C=O) groups excluding carboxylic acids is 4. The Bertz CT molecular complexity index is 1310. The van der Waals surface area contributed by atoms with Gasteiger partial charge in [0.05, 0.1) is 11.8 Å². The van der Waals surface area contributed by atoms with Gasteiger partial charge < -0.3 is 15.2 Å². The Kier molecular flexibility index (Phi) is 9.56. The van der Waals surface area contributed by atoms with E-state index in [2.05, 4.69) is 21.2 Å². The summed E-state index contributed by atoms with van der Waals surface area (Å²) in [5, 5.41) is 12.2. The van der Waals surface area contributed by atoms with E-state index in [1.807, 2.05) is 42.5 Å². The molecule has 2 N–H and O–H groups in total. The third-order valence-electron chi connectivity index (χ3n) is 6.03. The second-order valence-corrected chi connectivity index (χ2v) is 10.1. The van der Waals surface area contributed by atoms with Crippen molar-refractivity contribution in [1.29, 1.82) is 0 Å². The van der Waals surface area contributed by atoms with Gasteiger partial charge in [-0.1, -0.05) is 119 Å². The van der Waals surface area contributed by atoms with Gasteiger partial charge in [0.25, 0.3) is 5.91 Å². The van der Waals surface area contributed by atoms with Gasteiger partial charge in [-0.25, -0.2) is 4.79 Å². The predicted octanol–water partition coefficient (Wildman–Crippen LogP) is 4.30. The first-order valence-corrected chi connectivity index (χ1v) is 14.1. The van der Waals surface area contributed by atoms with Gasteiger partial charge in [-0.2, -0.15) is 0 Å². The average molecular weight is 609 g/mol. The van der Waals surface area contributed by atoms with Crippen LogP contribution in [0.2, 0.25) is 0 Å². The van der Waals surface area contributed by atoms with E-state index >= 15 is 0 Å². The molecule has 0 bridgehead atoms. The molecule has 0 saturated carbocycles. The molecule has 0 radical (unpaired) electrons. The molecule has 200 valence electrons. The lowest BCUT2D eigenvalue weighted by Crippen LogP contribution is -2.69. The van der Waals surface area contributed by atoms with E-state index in [1.165, 1.54) is 0 Å². The molecule has 1 aliphatic heterocycles. The molecule has 3 aromatic rings. The number of halogens is 1. The summed E-state index contributed by atoms with van der Waals surface area (Å²) in [5.74, 6) is -2.46. The maximum atomic E-state index is 13.6. The number of likely N-dealkylation sites (tertiary alicyclic amines) is 1. The summed E-state index contributed by atoms with van der Waals surface area (Å²) in [4.78, 5) is 51.9. The molecule has 2 unspecified atom stereocenters. The number of aliphatic hydroxyl groups is 1. The summed E-state index contributed by atoms with van der Waals surface area (Å²) in [6.07, 6.45) is -0.788. The van der Waals surface area contributed by atoms with Crippen molar-refractivity contribution in [2.75, 3.05) is 5.33 Å². The Hall–Kier alpha value is -3.89. The smallest absolute Gasteiger partial charge is 0.359 e. The summed E-state index contributed by atoms with van der Waals surface area (Å²) in [7, 11) is 0. The minimum absolute atomic E-state index is 0.0380. The standard InChI is InChI=1S/C29H25BrN2O6S/c30-17-22(34)25(29(37)38-26(20-12-6-2-7-13-20)21-14-8-3-9-15-21)32-27(36)24(28(32)39-18-33)31-23(35)16-19-10-4-1-5-11-19/h1-15,18,24,26,28,34H,16-17H2,(H,31,35). The monoisotopic (exact) mass is 608 g/mol. The minimum atomic E-state index is -1.07. The Morgan fingerprint density at radius 1 is 0.974 bits per heavy atom. The predicted molar refractivity (Wildman–Crippen MR) is 151 cm³/mol. The van der Waals surface area contributed by atoms with E-state index in [-0.39, 0.29) is 11.8 Å². The number of nitrogens with one attached hydrogen (secondary N) is 1. The van der Waals surface area contributed by atoms with Gasteiger partial charge in [-0.05, 0) is 16.7 Å². The van der Waals surface area contributed by atoms with Crippen LogP contribution < -0.4 is 5.32 Å². The number of aliphatic hydroxyl groups excluding tert-OH is 1. The van der Waals surface area contributed by atoms with Crippen LogP contribution in [0.4, 0.5) is 0 Å². The third kappa shape index (κ3) is 6.58. The first-order valence-electron chi connectivity index (χ1n) is 12.0. The normalized spacial score (nSPS) is 17.2. The number of rotatable bonds is 11. The van der Waals surface area contributed by atoms with Crippen molar-refractivity contribution in [3.05, 3.63) is 119 Å². The number of thioether (sulfide) groups is 1. The maximum Gasteiger partial charge on any atom is 0.359 e.